The Bertz CT molecular complexity index is 648. The number of esters is 1. The molecule has 2 aliphatic heterocycles. The molecule has 1 amide bonds. The van der Waals surface area contributed by atoms with Crippen molar-refractivity contribution in [1.29, 1.82) is 0 Å². The van der Waals surface area contributed by atoms with Crippen LogP contribution in [0.15, 0.2) is 11.6 Å². The molecule has 1 fully saturated rings. The fraction of sp³-hybridized carbons (Fsp3) is 0.867. The first-order valence-electron chi connectivity index (χ1n) is 15.4. The normalized spacial score (nSPS) is 18.8. The highest BCUT2D eigenvalue weighted by Crippen LogP contribution is 2.17. The Labute approximate surface area is 236 Å². The summed E-state index contributed by atoms with van der Waals surface area (Å²) < 4.78 is 16.6. The Morgan fingerprint density at radius 1 is 0.921 bits per heavy atom. The van der Waals surface area contributed by atoms with Crippen LogP contribution < -0.4 is 5.32 Å². The van der Waals surface area contributed by atoms with Crippen molar-refractivity contribution in [2.75, 3.05) is 32.2 Å². The number of amides is 1. The summed E-state index contributed by atoms with van der Waals surface area (Å²) in [5.74, 6) is 0.798. The van der Waals surface area contributed by atoms with Gasteiger partial charge in [-0.2, -0.15) is 0 Å². The van der Waals surface area contributed by atoms with Crippen molar-refractivity contribution in [2.45, 2.75) is 135 Å². The van der Waals surface area contributed by atoms with Gasteiger partial charge in [0.05, 0.1) is 18.9 Å². The highest BCUT2D eigenvalue weighted by atomic mass is 32.2. The van der Waals surface area contributed by atoms with E-state index in [1.54, 1.807) is 0 Å². The molecule has 38 heavy (non-hydrogen) atoms. The van der Waals surface area contributed by atoms with Gasteiger partial charge in [-0.15, -0.1) is 11.8 Å². The Morgan fingerprint density at radius 3 is 2.24 bits per heavy atom. The van der Waals surface area contributed by atoms with Gasteiger partial charge in [0, 0.05) is 25.7 Å². The summed E-state index contributed by atoms with van der Waals surface area (Å²) in [5, 5.41) is 5.09. The molecule has 0 spiro atoms. The minimum atomic E-state index is -0.553. The first-order chi connectivity index (χ1) is 18.7. The van der Waals surface area contributed by atoms with Crippen molar-refractivity contribution in [3.05, 3.63) is 11.6 Å². The van der Waals surface area contributed by atoms with E-state index in [1.807, 2.05) is 11.8 Å². The second-order valence-corrected chi connectivity index (χ2v) is 11.6. The van der Waals surface area contributed by atoms with Crippen molar-refractivity contribution in [3.63, 3.8) is 0 Å². The van der Waals surface area contributed by atoms with Crippen LogP contribution in [0.1, 0.15) is 122 Å². The van der Waals surface area contributed by atoms with E-state index in [0.29, 0.717) is 19.6 Å². The number of hydrogen-bond acceptors (Lipinski definition) is 7. The minimum absolute atomic E-state index is 0.0467. The Hall–Kier alpha value is -1.25. The summed E-state index contributed by atoms with van der Waals surface area (Å²) in [7, 11) is 0. The molecule has 1 saturated heterocycles. The third-order valence-corrected chi connectivity index (χ3v) is 7.93. The average molecular weight is 555 g/mol. The number of unbranched alkanes of at least 4 members (excludes halogenated alkanes) is 14. The smallest absolute Gasteiger partial charge is 0.305 e. The van der Waals surface area contributed by atoms with Crippen molar-refractivity contribution < 1.29 is 23.8 Å². The first-order valence-corrected chi connectivity index (χ1v) is 16.4. The first kappa shape index (κ1) is 33.0. The third-order valence-electron chi connectivity index (χ3n) is 7.13. The predicted molar refractivity (Wildman–Crippen MR) is 156 cm³/mol. The SMILES string of the molecule is CCCCCCCCCCCCCCCNC(=O)CC1OCC(COC(=O)CCCCCN2C=CSC2)O1. The Balaban J connectivity index is 1.33. The van der Waals surface area contributed by atoms with Crippen LogP contribution in [0.4, 0.5) is 0 Å². The fourth-order valence-electron chi connectivity index (χ4n) is 4.77. The summed E-state index contributed by atoms with van der Waals surface area (Å²) in [6, 6.07) is 0. The molecule has 0 aromatic carbocycles. The van der Waals surface area contributed by atoms with Crippen molar-refractivity contribution in [1.82, 2.24) is 10.2 Å². The van der Waals surface area contributed by atoms with E-state index in [0.717, 1.165) is 44.5 Å². The Morgan fingerprint density at radius 2 is 1.58 bits per heavy atom. The maximum Gasteiger partial charge on any atom is 0.305 e. The summed E-state index contributed by atoms with van der Waals surface area (Å²) >= 11 is 1.81. The second kappa shape index (κ2) is 22.6. The lowest BCUT2D eigenvalue weighted by Crippen LogP contribution is -2.29. The number of thioether (sulfide) groups is 1. The van der Waals surface area contributed by atoms with E-state index < -0.39 is 6.29 Å². The van der Waals surface area contributed by atoms with Gasteiger partial charge in [0.15, 0.2) is 6.29 Å². The predicted octanol–water partition coefficient (Wildman–Crippen LogP) is 6.91. The molecule has 8 heteroatoms. The van der Waals surface area contributed by atoms with Gasteiger partial charge in [-0.3, -0.25) is 9.59 Å². The van der Waals surface area contributed by atoms with Gasteiger partial charge in [0.25, 0.3) is 0 Å². The zero-order valence-corrected chi connectivity index (χ0v) is 24.8. The number of nitrogens with zero attached hydrogens (tertiary/aromatic N) is 1. The van der Waals surface area contributed by atoms with Gasteiger partial charge in [0.2, 0.25) is 5.91 Å². The molecule has 1 N–H and O–H groups in total. The van der Waals surface area contributed by atoms with Crippen molar-refractivity contribution >= 4 is 23.6 Å². The molecule has 7 nitrogen and oxygen atoms in total. The van der Waals surface area contributed by atoms with E-state index >= 15 is 0 Å². The van der Waals surface area contributed by atoms with Crippen LogP contribution in [0.3, 0.4) is 0 Å². The van der Waals surface area contributed by atoms with Crippen LogP contribution in [0.5, 0.6) is 0 Å². The van der Waals surface area contributed by atoms with Crippen LogP contribution in [-0.2, 0) is 23.8 Å². The van der Waals surface area contributed by atoms with E-state index in [2.05, 4.69) is 28.7 Å². The molecule has 0 radical (unpaired) electrons. The number of carbonyl (C=O) groups excluding carboxylic acids is 2. The van der Waals surface area contributed by atoms with E-state index in [9.17, 15) is 9.59 Å². The largest absolute Gasteiger partial charge is 0.463 e. The third kappa shape index (κ3) is 17.4. The maximum absolute atomic E-state index is 12.2. The van der Waals surface area contributed by atoms with Crippen LogP contribution in [0.25, 0.3) is 0 Å². The summed E-state index contributed by atoms with van der Waals surface area (Å²) in [6.07, 6.45) is 22.0. The summed E-state index contributed by atoms with van der Waals surface area (Å²) in [6.45, 7) is 4.55. The summed E-state index contributed by atoms with van der Waals surface area (Å²) in [5.41, 5.74) is 0. The van der Waals surface area contributed by atoms with Crippen molar-refractivity contribution in [2.24, 2.45) is 0 Å². The molecule has 2 rings (SSSR count). The quantitative estimate of drug-likeness (QED) is 0.103. The van der Waals surface area contributed by atoms with Crippen LogP contribution >= 0.6 is 11.8 Å². The lowest BCUT2D eigenvalue weighted by Gasteiger charge is -2.14. The number of carbonyl (C=O) groups is 2. The molecule has 220 valence electrons. The topological polar surface area (TPSA) is 77.1 Å². The van der Waals surface area contributed by atoms with Gasteiger partial charge in [-0.05, 0) is 24.7 Å². The zero-order chi connectivity index (χ0) is 27.1. The molecule has 0 aromatic rings. The van der Waals surface area contributed by atoms with Gasteiger partial charge >= 0.3 is 5.97 Å². The molecule has 0 saturated carbocycles. The van der Waals surface area contributed by atoms with Crippen molar-refractivity contribution in [3.8, 4) is 0 Å². The van der Waals surface area contributed by atoms with Crippen LogP contribution in [0, 0.1) is 0 Å². The highest BCUT2D eigenvalue weighted by Gasteiger charge is 2.28. The molecule has 0 aliphatic carbocycles. The molecule has 2 atom stereocenters. The Kier molecular flexibility index (Phi) is 19.6. The number of nitrogens with one attached hydrogen (secondary N) is 1. The molecule has 2 unspecified atom stereocenters. The highest BCUT2D eigenvalue weighted by molar-refractivity contribution is 8.02. The van der Waals surface area contributed by atoms with E-state index in [4.69, 9.17) is 14.2 Å². The molecule has 0 aromatic heterocycles. The van der Waals surface area contributed by atoms with Crippen LogP contribution in [0.2, 0.25) is 0 Å². The lowest BCUT2D eigenvalue weighted by atomic mass is 10.0. The average Bonchev–Trinajstić information content (AvgIpc) is 3.60. The molecular formula is C30H54N2O5S. The number of rotatable bonds is 24. The molecule has 2 aliphatic rings. The fourth-order valence-corrected chi connectivity index (χ4v) is 5.52. The monoisotopic (exact) mass is 554 g/mol. The second-order valence-electron chi connectivity index (χ2n) is 10.7. The summed E-state index contributed by atoms with van der Waals surface area (Å²) in [4.78, 5) is 26.5. The van der Waals surface area contributed by atoms with E-state index in [-0.39, 0.29) is 31.0 Å². The molecule has 2 heterocycles. The minimum Gasteiger partial charge on any atom is -0.463 e. The zero-order valence-electron chi connectivity index (χ0n) is 24.0. The van der Waals surface area contributed by atoms with Gasteiger partial charge in [-0.25, -0.2) is 0 Å². The van der Waals surface area contributed by atoms with Gasteiger partial charge in [0.1, 0.15) is 12.7 Å². The standard InChI is InChI=1S/C30H54N2O5S/c1-2-3-4-5-6-7-8-9-10-11-12-13-16-19-31-28(33)23-30-36-25-27(37-30)24-35-29(34)18-15-14-17-20-32-21-22-38-26-32/h21-22,27,30H,2-20,23-26H2,1H3,(H,31,33). The van der Waals surface area contributed by atoms with Crippen LogP contribution in [-0.4, -0.2) is 61.4 Å². The van der Waals surface area contributed by atoms with Gasteiger partial charge < -0.3 is 24.4 Å². The number of hydrogen-bond donors (Lipinski definition) is 1. The lowest BCUT2D eigenvalue weighted by molar-refractivity contribution is -0.149. The van der Waals surface area contributed by atoms with Gasteiger partial charge in [-0.1, -0.05) is 90.4 Å². The number of ether oxygens (including phenoxy) is 3. The molecule has 0 bridgehead atoms. The van der Waals surface area contributed by atoms with E-state index in [1.165, 1.54) is 70.6 Å². The maximum atomic E-state index is 12.2. The molecular weight excluding hydrogens is 500 g/mol.